The number of benzene rings is 1. The summed E-state index contributed by atoms with van der Waals surface area (Å²) in [5.41, 5.74) is 0.680. The molecule has 1 amide bonds. The van der Waals surface area contributed by atoms with Gasteiger partial charge in [0.2, 0.25) is 5.91 Å². The number of carboxylic acid groups (broad SMARTS) is 1. The quantitative estimate of drug-likeness (QED) is 0.764. The minimum Gasteiger partial charge on any atom is -0.508 e. The maximum atomic E-state index is 12.0. The Labute approximate surface area is 127 Å². The van der Waals surface area contributed by atoms with Crippen LogP contribution in [0.25, 0.3) is 0 Å². The second-order valence-corrected chi connectivity index (χ2v) is 5.19. The van der Waals surface area contributed by atoms with Crippen molar-refractivity contribution in [2.45, 2.75) is 18.9 Å². The number of amides is 1. The van der Waals surface area contributed by atoms with Gasteiger partial charge in [-0.15, -0.1) is 0 Å². The van der Waals surface area contributed by atoms with E-state index in [1.807, 2.05) is 0 Å². The van der Waals surface area contributed by atoms with Crippen molar-refractivity contribution >= 4 is 17.8 Å². The zero-order valence-corrected chi connectivity index (χ0v) is 12.1. The van der Waals surface area contributed by atoms with Crippen molar-refractivity contribution in [3.05, 3.63) is 29.8 Å². The van der Waals surface area contributed by atoms with Crippen LogP contribution in [0.1, 0.15) is 12.0 Å². The number of esters is 1. The Hall–Kier alpha value is -2.57. The van der Waals surface area contributed by atoms with E-state index in [-0.39, 0.29) is 31.0 Å². The molecule has 22 heavy (non-hydrogen) atoms. The Bertz CT molecular complexity index is 582. The fourth-order valence-electron chi connectivity index (χ4n) is 2.54. The monoisotopic (exact) mass is 307 g/mol. The Balaban J connectivity index is 2.14. The van der Waals surface area contributed by atoms with Gasteiger partial charge in [0.05, 0.1) is 13.0 Å². The molecule has 0 spiro atoms. The van der Waals surface area contributed by atoms with E-state index in [0.29, 0.717) is 5.56 Å². The molecule has 1 heterocycles. The number of carboxylic acids is 1. The Morgan fingerprint density at radius 1 is 1.36 bits per heavy atom. The summed E-state index contributed by atoms with van der Waals surface area (Å²) in [5, 5.41) is 18.6. The Morgan fingerprint density at radius 2 is 2.00 bits per heavy atom. The number of hydrogen-bond acceptors (Lipinski definition) is 5. The van der Waals surface area contributed by atoms with Gasteiger partial charge in [0.1, 0.15) is 11.8 Å². The van der Waals surface area contributed by atoms with Crippen LogP contribution in [-0.2, 0) is 25.5 Å². The number of carbonyl (C=O) groups excluding carboxylic acids is 2. The van der Waals surface area contributed by atoms with Gasteiger partial charge in [-0.25, -0.2) is 4.79 Å². The molecule has 7 heteroatoms. The van der Waals surface area contributed by atoms with Crippen LogP contribution in [-0.4, -0.2) is 52.7 Å². The van der Waals surface area contributed by atoms with Crippen LogP contribution >= 0.6 is 0 Å². The van der Waals surface area contributed by atoms with Crippen molar-refractivity contribution in [3.8, 4) is 5.75 Å². The van der Waals surface area contributed by atoms with Gasteiger partial charge in [-0.05, 0) is 17.7 Å². The summed E-state index contributed by atoms with van der Waals surface area (Å²) in [4.78, 5) is 36.2. The molecule has 1 aliphatic rings. The fourth-order valence-corrected chi connectivity index (χ4v) is 2.54. The van der Waals surface area contributed by atoms with Gasteiger partial charge >= 0.3 is 11.9 Å². The first-order valence-corrected chi connectivity index (χ1v) is 6.80. The molecular formula is C15H17NO6. The SMILES string of the molecule is COC(=O)C1CC(=O)N(C(Cc2ccc(O)cc2)C(=O)O)C1. The Morgan fingerprint density at radius 3 is 2.55 bits per heavy atom. The third-order valence-corrected chi connectivity index (χ3v) is 3.72. The molecule has 0 aromatic heterocycles. The van der Waals surface area contributed by atoms with Crippen molar-refractivity contribution < 1.29 is 29.3 Å². The smallest absolute Gasteiger partial charge is 0.326 e. The van der Waals surface area contributed by atoms with Crippen molar-refractivity contribution in [2.24, 2.45) is 5.92 Å². The number of rotatable bonds is 5. The lowest BCUT2D eigenvalue weighted by atomic mass is 10.0. The van der Waals surface area contributed by atoms with E-state index < -0.39 is 23.9 Å². The predicted octanol–water partition coefficient (Wildman–Crippen LogP) is 0.409. The molecular weight excluding hydrogens is 290 g/mol. The molecule has 1 aromatic rings. The standard InChI is InChI=1S/C15H17NO6/c1-22-15(21)10-7-13(18)16(8-10)12(14(19)20)6-9-2-4-11(17)5-3-9/h2-5,10,12,17H,6-8H2,1H3,(H,19,20). The third-order valence-electron chi connectivity index (χ3n) is 3.72. The minimum absolute atomic E-state index is 0.0357. The van der Waals surface area contributed by atoms with Crippen LogP contribution < -0.4 is 0 Å². The van der Waals surface area contributed by atoms with Gasteiger partial charge in [-0.1, -0.05) is 12.1 Å². The third kappa shape index (κ3) is 3.36. The van der Waals surface area contributed by atoms with E-state index >= 15 is 0 Å². The number of phenolic OH excluding ortho intramolecular Hbond substituents is 1. The van der Waals surface area contributed by atoms with Crippen molar-refractivity contribution in [1.82, 2.24) is 4.90 Å². The lowest BCUT2D eigenvalue weighted by molar-refractivity contribution is -0.148. The zero-order chi connectivity index (χ0) is 16.3. The fraction of sp³-hybridized carbons (Fsp3) is 0.400. The first kappa shape index (κ1) is 15.8. The summed E-state index contributed by atoms with van der Waals surface area (Å²) < 4.78 is 4.61. The summed E-state index contributed by atoms with van der Waals surface area (Å²) in [6.07, 6.45) is 0.0707. The van der Waals surface area contributed by atoms with Crippen LogP contribution in [0.15, 0.2) is 24.3 Å². The van der Waals surface area contributed by atoms with Crippen molar-refractivity contribution in [3.63, 3.8) is 0 Å². The summed E-state index contributed by atoms with van der Waals surface area (Å²) in [7, 11) is 1.24. The van der Waals surface area contributed by atoms with Gasteiger partial charge < -0.3 is 19.8 Å². The number of aromatic hydroxyl groups is 1. The van der Waals surface area contributed by atoms with Crippen LogP contribution in [0.3, 0.4) is 0 Å². The lowest BCUT2D eigenvalue weighted by Gasteiger charge is -2.24. The number of aliphatic carboxylic acids is 1. The molecule has 7 nitrogen and oxygen atoms in total. The van der Waals surface area contributed by atoms with Crippen LogP contribution in [0.4, 0.5) is 0 Å². The first-order chi connectivity index (χ1) is 10.4. The Kier molecular flexibility index (Phi) is 4.65. The molecule has 1 fully saturated rings. The van der Waals surface area contributed by atoms with Crippen LogP contribution in [0.2, 0.25) is 0 Å². The summed E-state index contributed by atoms with van der Waals surface area (Å²) >= 11 is 0. The van der Waals surface area contributed by atoms with Crippen LogP contribution in [0, 0.1) is 5.92 Å². The molecule has 2 unspecified atom stereocenters. The van der Waals surface area contributed by atoms with Gasteiger partial charge in [-0.2, -0.15) is 0 Å². The molecule has 0 radical (unpaired) electrons. The largest absolute Gasteiger partial charge is 0.508 e. The minimum atomic E-state index is -1.13. The average molecular weight is 307 g/mol. The van der Waals surface area contributed by atoms with E-state index in [0.717, 1.165) is 0 Å². The lowest BCUT2D eigenvalue weighted by Crippen LogP contribution is -2.44. The molecule has 0 bridgehead atoms. The van der Waals surface area contributed by atoms with Gasteiger partial charge in [0.15, 0.2) is 0 Å². The number of phenols is 1. The predicted molar refractivity (Wildman–Crippen MR) is 75.1 cm³/mol. The number of nitrogens with zero attached hydrogens (tertiary/aromatic N) is 1. The molecule has 0 saturated carbocycles. The van der Waals surface area contributed by atoms with E-state index in [2.05, 4.69) is 4.74 Å². The highest BCUT2D eigenvalue weighted by molar-refractivity contribution is 5.90. The number of methoxy groups -OCH3 is 1. The number of hydrogen-bond donors (Lipinski definition) is 2. The highest BCUT2D eigenvalue weighted by Crippen LogP contribution is 2.23. The van der Waals surface area contributed by atoms with Gasteiger partial charge in [0, 0.05) is 19.4 Å². The summed E-state index contributed by atoms with van der Waals surface area (Å²) in [5.74, 6) is -2.56. The summed E-state index contributed by atoms with van der Waals surface area (Å²) in [6, 6.07) is 5.06. The second-order valence-electron chi connectivity index (χ2n) is 5.19. The van der Waals surface area contributed by atoms with E-state index in [4.69, 9.17) is 0 Å². The number of ether oxygens (including phenoxy) is 1. The van der Waals surface area contributed by atoms with Gasteiger partial charge in [-0.3, -0.25) is 9.59 Å². The normalized spacial score (nSPS) is 19.0. The number of carbonyl (C=O) groups is 3. The molecule has 2 rings (SSSR count). The van der Waals surface area contributed by atoms with Gasteiger partial charge in [0.25, 0.3) is 0 Å². The van der Waals surface area contributed by atoms with E-state index in [9.17, 15) is 24.6 Å². The molecule has 118 valence electrons. The highest BCUT2D eigenvalue weighted by atomic mass is 16.5. The first-order valence-electron chi connectivity index (χ1n) is 6.80. The highest BCUT2D eigenvalue weighted by Gasteiger charge is 2.40. The zero-order valence-electron chi connectivity index (χ0n) is 12.1. The average Bonchev–Trinajstić information content (AvgIpc) is 2.87. The summed E-state index contributed by atoms with van der Waals surface area (Å²) in [6.45, 7) is 0.0422. The maximum absolute atomic E-state index is 12.0. The van der Waals surface area contributed by atoms with Crippen molar-refractivity contribution in [2.75, 3.05) is 13.7 Å². The van der Waals surface area contributed by atoms with E-state index in [1.165, 1.54) is 24.1 Å². The second kappa shape index (κ2) is 6.46. The molecule has 2 N–H and O–H groups in total. The maximum Gasteiger partial charge on any atom is 0.326 e. The molecule has 2 atom stereocenters. The molecule has 0 aliphatic carbocycles. The van der Waals surface area contributed by atoms with E-state index in [1.54, 1.807) is 12.1 Å². The van der Waals surface area contributed by atoms with Crippen LogP contribution in [0.5, 0.6) is 5.75 Å². The molecule has 1 saturated heterocycles. The number of likely N-dealkylation sites (tertiary alicyclic amines) is 1. The molecule has 1 aromatic carbocycles. The molecule has 1 aliphatic heterocycles. The van der Waals surface area contributed by atoms with Crippen molar-refractivity contribution in [1.29, 1.82) is 0 Å². The topological polar surface area (TPSA) is 104 Å².